The van der Waals surface area contributed by atoms with E-state index in [9.17, 15) is 0 Å². The number of aliphatic imine (C=N–C) groups is 1. The largest absolute Gasteiger partial charge is 0.358 e. The number of aryl methyl sites for hydroxylation is 1. The van der Waals surface area contributed by atoms with E-state index in [1.807, 2.05) is 31.2 Å². The van der Waals surface area contributed by atoms with Crippen molar-refractivity contribution in [1.82, 2.24) is 5.16 Å². The summed E-state index contributed by atoms with van der Waals surface area (Å²) in [7, 11) is 0. The van der Waals surface area contributed by atoms with Crippen molar-refractivity contribution in [3.63, 3.8) is 0 Å². The summed E-state index contributed by atoms with van der Waals surface area (Å²) in [6.07, 6.45) is 2.00. The van der Waals surface area contributed by atoms with Gasteiger partial charge in [0.25, 0.3) is 0 Å². The number of rotatable bonds is 1. The molecule has 0 atom stereocenters. The number of nitrogens with zero attached hydrogens (tertiary/aromatic N) is 2. The zero-order valence-electron chi connectivity index (χ0n) is 13.2. The highest BCUT2D eigenvalue weighted by molar-refractivity contribution is 6.30. The normalized spacial score (nSPS) is 17.0. The molecule has 1 aliphatic heterocycles. The monoisotopic (exact) mass is 334 g/mol. The number of benzene rings is 2. The standard InChI is InChI=1S/C20H15ClN2O/c1-12-17-15-4-2-3-5-16(15)18(13-6-8-14(21)9-7-13)22-20(10-11-20)19(17)24-23-12/h2-9H,10-11H2,1H3. The number of fused-ring (bicyclic) bond motifs is 4. The quantitative estimate of drug-likeness (QED) is 0.617. The van der Waals surface area contributed by atoms with Gasteiger partial charge in [-0.2, -0.15) is 0 Å². The van der Waals surface area contributed by atoms with E-state index >= 15 is 0 Å². The Morgan fingerprint density at radius 3 is 2.42 bits per heavy atom. The molecule has 1 spiro atoms. The molecule has 0 radical (unpaired) electrons. The zero-order chi connectivity index (χ0) is 16.3. The lowest BCUT2D eigenvalue weighted by Crippen LogP contribution is -2.08. The van der Waals surface area contributed by atoms with Gasteiger partial charge in [0, 0.05) is 16.1 Å². The van der Waals surface area contributed by atoms with Crippen molar-refractivity contribution in [1.29, 1.82) is 0 Å². The van der Waals surface area contributed by atoms with Gasteiger partial charge in [0.2, 0.25) is 0 Å². The summed E-state index contributed by atoms with van der Waals surface area (Å²) in [6.45, 7) is 2.00. The maximum atomic E-state index is 6.06. The summed E-state index contributed by atoms with van der Waals surface area (Å²) in [5, 5.41) is 4.95. The molecule has 1 saturated carbocycles. The van der Waals surface area contributed by atoms with Crippen LogP contribution in [0, 0.1) is 6.92 Å². The van der Waals surface area contributed by atoms with Crippen LogP contribution < -0.4 is 0 Å². The molecule has 2 aliphatic rings. The van der Waals surface area contributed by atoms with Crippen molar-refractivity contribution in [2.24, 2.45) is 4.99 Å². The predicted molar refractivity (Wildman–Crippen MR) is 94.7 cm³/mol. The SMILES string of the molecule is Cc1noc2c1-c1ccccc1C(c1ccc(Cl)cc1)=NC21CC1. The van der Waals surface area contributed by atoms with Crippen molar-refractivity contribution in [2.45, 2.75) is 25.3 Å². The first-order chi connectivity index (χ1) is 11.7. The highest BCUT2D eigenvalue weighted by atomic mass is 35.5. The average Bonchev–Trinajstić information content (AvgIpc) is 3.30. The van der Waals surface area contributed by atoms with Crippen LogP contribution in [0.4, 0.5) is 0 Å². The van der Waals surface area contributed by atoms with E-state index in [0.717, 1.165) is 57.3 Å². The molecule has 4 heteroatoms. The molecule has 5 rings (SSSR count). The van der Waals surface area contributed by atoms with Gasteiger partial charge >= 0.3 is 0 Å². The van der Waals surface area contributed by atoms with Gasteiger partial charge < -0.3 is 4.52 Å². The van der Waals surface area contributed by atoms with E-state index < -0.39 is 0 Å². The van der Waals surface area contributed by atoms with Crippen LogP contribution in [0.1, 0.15) is 35.4 Å². The Bertz CT molecular complexity index is 981. The molecule has 0 amide bonds. The topological polar surface area (TPSA) is 38.4 Å². The summed E-state index contributed by atoms with van der Waals surface area (Å²) in [4.78, 5) is 5.15. The second-order valence-electron chi connectivity index (χ2n) is 6.52. The molecule has 0 unspecified atom stereocenters. The first-order valence-corrected chi connectivity index (χ1v) is 8.48. The Balaban J connectivity index is 1.83. The minimum atomic E-state index is -0.259. The molecule has 1 fully saturated rings. The van der Waals surface area contributed by atoms with Crippen LogP contribution in [-0.2, 0) is 5.54 Å². The minimum absolute atomic E-state index is 0.259. The number of halogens is 1. The van der Waals surface area contributed by atoms with Crippen molar-refractivity contribution < 1.29 is 4.52 Å². The maximum absolute atomic E-state index is 6.06. The molecule has 118 valence electrons. The van der Waals surface area contributed by atoms with Crippen molar-refractivity contribution in [3.05, 3.63) is 76.1 Å². The Morgan fingerprint density at radius 2 is 1.71 bits per heavy atom. The molecule has 0 saturated heterocycles. The third-order valence-corrected chi connectivity index (χ3v) is 5.16. The third kappa shape index (κ3) is 1.91. The van der Waals surface area contributed by atoms with Gasteiger partial charge in [0.05, 0.1) is 17.0 Å². The van der Waals surface area contributed by atoms with Gasteiger partial charge in [-0.05, 0) is 37.5 Å². The second kappa shape index (κ2) is 4.81. The summed E-state index contributed by atoms with van der Waals surface area (Å²) in [5.74, 6) is 0.913. The molecule has 3 aromatic rings. The fraction of sp³-hybridized carbons (Fsp3) is 0.200. The van der Waals surface area contributed by atoms with E-state index in [4.69, 9.17) is 21.1 Å². The lowest BCUT2D eigenvalue weighted by molar-refractivity contribution is 0.354. The number of aromatic nitrogens is 1. The van der Waals surface area contributed by atoms with E-state index in [1.165, 1.54) is 0 Å². The van der Waals surface area contributed by atoms with Crippen molar-refractivity contribution >= 4 is 17.3 Å². The van der Waals surface area contributed by atoms with Crippen LogP contribution in [0.2, 0.25) is 5.02 Å². The van der Waals surface area contributed by atoms with Crippen LogP contribution in [0.5, 0.6) is 0 Å². The van der Waals surface area contributed by atoms with Crippen molar-refractivity contribution in [3.8, 4) is 11.1 Å². The maximum Gasteiger partial charge on any atom is 0.172 e. The highest BCUT2D eigenvalue weighted by Gasteiger charge is 2.51. The molecular formula is C20H15ClN2O. The van der Waals surface area contributed by atoms with Gasteiger partial charge in [-0.15, -0.1) is 0 Å². The molecular weight excluding hydrogens is 320 g/mol. The second-order valence-corrected chi connectivity index (χ2v) is 6.95. The fourth-order valence-electron chi connectivity index (χ4n) is 3.52. The first kappa shape index (κ1) is 14.0. The summed E-state index contributed by atoms with van der Waals surface area (Å²) in [6, 6.07) is 16.3. The number of hydrogen-bond acceptors (Lipinski definition) is 3. The van der Waals surface area contributed by atoms with Gasteiger partial charge in [-0.25, -0.2) is 0 Å². The lowest BCUT2D eigenvalue weighted by atomic mass is 9.93. The Hall–Kier alpha value is -2.39. The molecule has 0 bridgehead atoms. The molecule has 1 aliphatic carbocycles. The third-order valence-electron chi connectivity index (χ3n) is 4.90. The van der Waals surface area contributed by atoms with Crippen LogP contribution >= 0.6 is 11.6 Å². The van der Waals surface area contributed by atoms with Gasteiger partial charge in [-0.3, -0.25) is 4.99 Å². The van der Waals surface area contributed by atoms with Crippen LogP contribution in [0.3, 0.4) is 0 Å². The van der Waals surface area contributed by atoms with Gasteiger partial charge in [0.1, 0.15) is 5.54 Å². The zero-order valence-corrected chi connectivity index (χ0v) is 14.0. The summed E-state index contributed by atoms with van der Waals surface area (Å²) >= 11 is 6.06. The van der Waals surface area contributed by atoms with Crippen molar-refractivity contribution in [2.75, 3.05) is 0 Å². The minimum Gasteiger partial charge on any atom is -0.358 e. The van der Waals surface area contributed by atoms with E-state index in [0.29, 0.717) is 0 Å². The predicted octanol–water partition coefficient (Wildman–Crippen LogP) is 5.14. The number of hydrogen-bond donors (Lipinski definition) is 0. The molecule has 0 N–H and O–H groups in total. The van der Waals surface area contributed by atoms with E-state index in [2.05, 4.69) is 29.4 Å². The smallest absolute Gasteiger partial charge is 0.172 e. The molecule has 2 aromatic carbocycles. The molecule has 24 heavy (non-hydrogen) atoms. The van der Waals surface area contributed by atoms with Crippen LogP contribution in [0.15, 0.2) is 58.0 Å². The van der Waals surface area contributed by atoms with Crippen LogP contribution in [-0.4, -0.2) is 10.9 Å². The summed E-state index contributed by atoms with van der Waals surface area (Å²) in [5.41, 5.74) is 6.12. The Morgan fingerprint density at radius 1 is 1.00 bits per heavy atom. The molecule has 2 heterocycles. The van der Waals surface area contributed by atoms with E-state index in [1.54, 1.807) is 0 Å². The first-order valence-electron chi connectivity index (χ1n) is 8.10. The lowest BCUT2D eigenvalue weighted by Gasteiger charge is -2.11. The fourth-order valence-corrected chi connectivity index (χ4v) is 3.65. The Kier molecular flexibility index (Phi) is 2.80. The van der Waals surface area contributed by atoms with Gasteiger partial charge in [-0.1, -0.05) is 53.2 Å². The Labute approximate surface area is 145 Å². The summed E-state index contributed by atoms with van der Waals surface area (Å²) < 4.78 is 5.73. The average molecular weight is 335 g/mol. The van der Waals surface area contributed by atoms with E-state index in [-0.39, 0.29) is 5.54 Å². The molecule has 1 aromatic heterocycles. The van der Waals surface area contributed by atoms with Crippen LogP contribution in [0.25, 0.3) is 11.1 Å². The van der Waals surface area contributed by atoms with Gasteiger partial charge in [0.15, 0.2) is 5.76 Å². The highest BCUT2D eigenvalue weighted by Crippen LogP contribution is 2.55. The molecule has 3 nitrogen and oxygen atoms in total.